The molecule has 30 heavy (non-hydrogen) atoms. The van der Waals surface area contributed by atoms with Crippen LogP contribution in [-0.4, -0.2) is 41.7 Å². The zero-order valence-corrected chi connectivity index (χ0v) is 17.3. The van der Waals surface area contributed by atoms with Crippen LogP contribution in [0.4, 0.5) is 5.69 Å². The molecule has 1 heterocycles. The third kappa shape index (κ3) is 4.92. The van der Waals surface area contributed by atoms with Gasteiger partial charge in [-0.2, -0.15) is 0 Å². The van der Waals surface area contributed by atoms with Crippen LogP contribution in [-0.2, 0) is 27.9 Å². The molecule has 0 aliphatic rings. The fraction of sp³-hybridized carbons (Fsp3) is 0.263. The predicted molar refractivity (Wildman–Crippen MR) is 107 cm³/mol. The largest absolute Gasteiger partial charge is 0.497 e. The van der Waals surface area contributed by atoms with E-state index in [4.69, 9.17) is 9.47 Å². The van der Waals surface area contributed by atoms with Crippen LogP contribution in [0.15, 0.2) is 53.4 Å². The lowest BCUT2D eigenvalue weighted by Gasteiger charge is -2.12. The first-order valence-corrected chi connectivity index (χ1v) is 10.6. The van der Waals surface area contributed by atoms with Gasteiger partial charge < -0.3 is 9.47 Å². The zero-order chi connectivity index (χ0) is 21.6. The minimum Gasteiger partial charge on any atom is -0.497 e. The number of carbonyl (C=O) groups is 1. The van der Waals surface area contributed by atoms with Crippen LogP contribution >= 0.6 is 0 Å². The number of anilines is 1. The van der Waals surface area contributed by atoms with Crippen LogP contribution in [0.3, 0.4) is 0 Å². The van der Waals surface area contributed by atoms with Crippen LogP contribution in [0.5, 0.6) is 5.75 Å². The average Bonchev–Trinajstić information content (AvgIpc) is 3.19. The Morgan fingerprint density at radius 1 is 1.13 bits per heavy atom. The van der Waals surface area contributed by atoms with Crippen molar-refractivity contribution in [1.82, 2.24) is 20.2 Å². The van der Waals surface area contributed by atoms with Crippen LogP contribution in [0.25, 0.3) is 0 Å². The van der Waals surface area contributed by atoms with E-state index in [9.17, 15) is 13.2 Å². The molecule has 3 rings (SSSR count). The number of nitrogens with zero attached hydrogens (tertiary/aromatic N) is 4. The molecule has 0 spiro atoms. The van der Waals surface area contributed by atoms with E-state index in [0.29, 0.717) is 18.1 Å². The summed E-state index contributed by atoms with van der Waals surface area (Å²) in [4.78, 5) is 12.6. The van der Waals surface area contributed by atoms with E-state index in [1.54, 1.807) is 16.8 Å². The number of aromatic nitrogens is 4. The number of sulfonamides is 1. The molecule has 0 radical (unpaired) electrons. The lowest BCUT2D eigenvalue weighted by molar-refractivity contribution is 0.0457. The highest BCUT2D eigenvalue weighted by molar-refractivity contribution is 7.92. The number of carbonyl (C=O) groups excluding carboxylic acids is 1. The Labute approximate surface area is 173 Å². The number of hydrogen-bond acceptors (Lipinski definition) is 8. The molecular formula is C19H21N5O5S. The quantitative estimate of drug-likeness (QED) is 0.511. The molecule has 11 heteroatoms. The topological polar surface area (TPSA) is 125 Å². The van der Waals surface area contributed by atoms with E-state index in [0.717, 1.165) is 6.42 Å². The van der Waals surface area contributed by atoms with Crippen molar-refractivity contribution in [3.05, 3.63) is 59.9 Å². The van der Waals surface area contributed by atoms with Crippen molar-refractivity contribution in [3.63, 3.8) is 0 Å². The highest BCUT2D eigenvalue weighted by atomic mass is 32.2. The van der Waals surface area contributed by atoms with Crippen LogP contribution < -0.4 is 9.46 Å². The molecule has 0 saturated heterocycles. The normalized spacial score (nSPS) is 11.1. The van der Waals surface area contributed by atoms with E-state index in [-0.39, 0.29) is 22.8 Å². The van der Waals surface area contributed by atoms with E-state index in [1.807, 2.05) is 6.92 Å². The van der Waals surface area contributed by atoms with Gasteiger partial charge in [-0.3, -0.25) is 4.72 Å². The fourth-order valence-corrected chi connectivity index (χ4v) is 3.71. The first kappa shape index (κ1) is 21.2. The zero-order valence-electron chi connectivity index (χ0n) is 16.5. The number of tetrazole rings is 1. The number of para-hydroxylation sites is 1. The van der Waals surface area contributed by atoms with Gasteiger partial charge in [-0.1, -0.05) is 19.1 Å². The van der Waals surface area contributed by atoms with Gasteiger partial charge in [0.05, 0.1) is 23.3 Å². The van der Waals surface area contributed by atoms with Crippen LogP contribution in [0.1, 0.15) is 29.5 Å². The SMILES string of the molecule is CCCn1nnnc1COC(=O)c1ccccc1NS(=O)(=O)c1ccc(OC)cc1. The van der Waals surface area contributed by atoms with Gasteiger partial charge in [0.2, 0.25) is 0 Å². The summed E-state index contributed by atoms with van der Waals surface area (Å²) in [6.07, 6.45) is 0.821. The standard InChI is InChI=1S/C19H21N5O5S/c1-3-12-24-18(20-22-23-24)13-29-19(25)16-6-4-5-7-17(16)21-30(26,27)15-10-8-14(28-2)9-11-15/h4-11,21H,3,12-13H2,1-2H3. The molecule has 0 unspecified atom stereocenters. The molecule has 1 aromatic heterocycles. The highest BCUT2D eigenvalue weighted by Gasteiger charge is 2.20. The Morgan fingerprint density at radius 2 is 1.87 bits per heavy atom. The number of ether oxygens (including phenoxy) is 2. The van der Waals surface area contributed by atoms with Crippen LogP contribution in [0, 0.1) is 0 Å². The monoisotopic (exact) mass is 431 g/mol. The number of aryl methyl sites for hydroxylation is 1. The average molecular weight is 431 g/mol. The lowest BCUT2D eigenvalue weighted by atomic mass is 10.2. The molecule has 2 aromatic carbocycles. The van der Waals surface area contributed by atoms with E-state index in [1.165, 1.54) is 43.5 Å². The molecule has 0 aliphatic carbocycles. The van der Waals surface area contributed by atoms with E-state index >= 15 is 0 Å². The summed E-state index contributed by atoms with van der Waals surface area (Å²) < 4.78 is 39.7. The molecule has 0 aliphatic heterocycles. The Morgan fingerprint density at radius 3 is 2.57 bits per heavy atom. The number of hydrogen-bond donors (Lipinski definition) is 1. The maximum Gasteiger partial charge on any atom is 0.340 e. The number of esters is 1. The maximum absolute atomic E-state index is 12.7. The first-order chi connectivity index (χ1) is 14.4. The maximum atomic E-state index is 12.7. The second kappa shape index (κ2) is 9.35. The number of benzene rings is 2. The Balaban J connectivity index is 1.76. The van der Waals surface area contributed by atoms with Crippen molar-refractivity contribution in [2.24, 2.45) is 0 Å². The molecule has 3 aromatic rings. The smallest absolute Gasteiger partial charge is 0.340 e. The summed E-state index contributed by atoms with van der Waals surface area (Å²) in [7, 11) is -2.43. The van der Waals surface area contributed by atoms with E-state index < -0.39 is 16.0 Å². The number of rotatable bonds is 9. The summed E-state index contributed by atoms with van der Waals surface area (Å²) >= 11 is 0. The Kier molecular flexibility index (Phi) is 6.62. The molecule has 0 amide bonds. The van der Waals surface area contributed by atoms with Crippen LogP contribution in [0.2, 0.25) is 0 Å². The van der Waals surface area contributed by atoms with Gasteiger partial charge in [0, 0.05) is 6.54 Å². The van der Waals surface area contributed by atoms with Crippen molar-refractivity contribution in [2.75, 3.05) is 11.8 Å². The van der Waals surface area contributed by atoms with Gasteiger partial charge in [-0.05, 0) is 53.2 Å². The summed E-state index contributed by atoms with van der Waals surface area (Å²) in [6.45, 7) is 2.44. The van der Waals surface area contributed by atoms with Gasteiger partial charge in [0.1, 0.15) is 5.75 Å². The Hall–Kier alpha value is -3.47. The van der Waals surface area contributed by atoms with Crippen molar-refractivity contribution >= 4 is 21.7 Å². The third-order valence-electron chi connectivity index (χ3n) is 4.13. The Bertz CT molecular complexity index is 1110. The predicted octanol–water partition coefficient (Wildman–Crippen LogP) is 2.25. The van der Waals surface area contributed by atoms with Gasteiger partial charge in [-0.15, -0.1) is 5.10 Å². The number of methoxy groups -OCH3 is 1. The summed E-state index contributed by atoms with van der Waals surface area (Å²) in [6, 6.07) is 12.1. The van der Waals surface area contributed by atoms with E-state index in [2.05, 4.69) is 20.2 Å². The van der Waals surface area contributed by atoms with Gasteiger partial charge in [0.25, 0.3) is 10.0 Å². The number of nitrogens with one attached hydrogen (secondary N) is 1. The summed E-state index contributed by atoms with van der Waals surface area (Å²) in [5.74, 6) is 0.235. The summed E-state index contributed by atoms with van der Waals surface area (Å²) in [5.41, 5.74) is 0.176. The second-order valence-corrected chi connectivity index (χ2v) is 7.90. The van der Waals surface area contributed by atoms with Gasteiger partial charge >= 0.3 is 5.97 Å². The molecule has 0 bridgehead atoms. The van der Waals surface area contributed by atoms with Crippen molar-refractivity contribution < 1.29 is 22.7 Å². The molecule has 1 N–H and O–H groups in total. The molecule has 0 fully saturated rings. The molecule has 10 nitrogen and oxygen atoms in total. The van der Waals surface area contributed by atoms with Crippen molar-refractivity contribution in [1.29, 1.82) is 0 Å². The highest BCUT2D eigenvalue weighted by Crippen LogP contribution is 2.22. The molecular weight excluding hydrogens is 410 g/mol. The van der Waals surface area contributed by atoms with Gasteiger partial charge in [0.15, 0.2) is 12.4 Å². The third-order valence-corrected chi connectivity index (χ3v) is 5.52. The van der Waals surface area contributed by atoms with Gasteiger partial charge in [-0.25, -0.2) is 17.9 Å². The molecule has 0 saturated carbocycles. The first-order valence-electron chi connectivity index (χ1n) is 9.12. The molecule has 0 atom stereocenters. The van der Waals surface area contributed by atoms with Crippen molar-refractivity contribution in [3.8, 4) is 5.75 Å². The second-order valence-electron chi connectivity index (χ2n) is 6.22. The fourth-order valence-electron chi connectivity index (χ4n) is 2.63. The van der Waals surface area contributed by atoms with Crippen molar-refractivity contribution in [2.45, 2.75) is 31.4 Å². The lowest BCUT2D eigenvalue weighted by Crippen LogP contribution is -2.17. The molecule has 158 valence electrons. The minimum atomic E-state index is -3.92. The minimum absolute atomic E-state index is 0.0326. The summed E-state index contributed by atoms with van der Waals surface area (Å²) in [5, 5.41) is 11.2.